The molecule has 11 heteroatoms. The van der Waals surface area contributed by atoms with Gasteiger partial charge in [0.25, 0.3) is 15.9 Å². The summed E-state index contributed by atoms with van der Waals surface area (Å²) in [7, 11) is -4.10. The Kier molecular flexibility index (Phi) is 10.2. The van der Waals surface area contributed by atoms with Gasteiger partial charge in [0, 0.05) is 15.6 Å². The van der Waals surface area contributed by atoms with Gasteiger partial charge in [-0.2, -0.15) is 5.10 Å². The number of rotatable bonds is 12. The quantitative estimate of drug-likeness (QED) is 0.149. The van der Waals surface area contributed by atoms with Crippen LogP contribution in [-0.4, -0.2) is 33.7 Å². The van der Waals surface area contributed by atoms with E-state index in [1.165, 1.54) is 30.5 Å². The molecule has 0 spiro atoms. The number of hydrogen-bond donors (Lipinski definition) is 1. The summed E-state index contributed by atoms with van der Waals surface area (Å²) in [6.45, 7) is 2.13. The van der Waals surface area contributed by atoms with Crippen molar-refractivity contribution in [1.82, 2.24) is 5.43 Å². The molecule has 8 nitrogen and oxygen atoms in total. The first kappa shape index (κ1) is 29.9. The first-order chi connectivity index (χ1) is 19.8. The molecule has 0 aromatic heterocycles. The summed E-state index contributed by atoms with van der Waals surface area (Å²) < 4.78 is 39.2. The van der Waals surface area contributed by atoms with E-state index >= 15 is 0 Å². The topological polar surface area (TPSA) is 97.3 Å². The number of carbonyl (C=O) groups is 1. The Morgan fingerprint density at radius 2 is 1.51 bits per heavy atom. The zero-order valence-corrected chi connectivity index (χ0v) is 24.4. The minimum Gasteiger partial charge on any atom is -0.494 e. The van der Waals surface area contributed by atoms with E-state index in [-0.39, 0.29) is 10.6 Å². The zero-order chi connectivity index (χ0) is 29.2. The number of hydrazone groups is 1. The summed E-state index contributed by atoms with van der Waals surface area (Å²) >= 11 is 12.1. The molecule has 0 radical (unpaired) electrons. The van der Waals surface area contributed by atoms with Crippen LogP contribution in [0.1, 0.15) is 18.1 Å². The normalized spacial score (nSPS) is 11.3. The number of halogens is 2. The molecule has 0 bridgehead atoms. The number of hydrogen-bond acceptors (Lipinski definition) is 6. The minimum atomic E-state index is -4.10. The molecule has 0 fully saturated rings. The Labute approximate surface area is 249 Å². The monoisotopic (exact) mass is 611 g/mol. The number of carbonyl (C=O) groups excluding carboxylic acids is 1. The smallest absolute Gasteiger partial charge is 0.264 e. The van der Waals surface area contributed by atoms with Crippen molar-refractivity contribution in [2.75, 3.05) is 17.5 Å². The summed E-state index contributed by atoms with van der Waals surface area (Å²) in [5.41, 5.74) is 4.26. The predicted octanol–water partition coefficient (Wildman–Crippen LogP) is 6.32. The number of benzene rings is 4. The SMILES string of the molecule is CCOc1ccc(N(CC(=O)N/N=C\c2ccc(OCc3ccccc3Cl)cc2)S(=O)(=O)c2ccc(Cl)cc2)cc1. The Morgan fingerprint density at radius 3 is 2.17 bits per heavy atom. The second kappa shape index (κ2) is 14.0. The molecule has 212 valence electrons. The number of sulfonamides is 1. The van der Waals surface area contributed by atoms with Gasteiger partial charge in [-0.3, -0.25) is 9.10 Å². The highest BCUT2D eigenvalue weighted by Gasteiger charge is 2.27. The highest BCUT2D eigenvalue weighted by atomic mass is 35.5. The Hall–Kier alpha value is -4.05. The van der Waals surface area contributed by atoms with Gasteiger partial charge in [0.15, 0.2) is 0 Å². The fourth-order valence-electron chi connectivity index (χ4n) is 3.70. The molecule has 0 unspecified atom stereocenters. The van der Waals surface area contributed by atoms with Crippen molar-refractivity contribution < 1.29 is 22.7 Å². The lowest BCUT2D eigenvalue weighted by Gasteiger charge is -2.24. The van der Waals surface area contributed by atoms with Gasteiger partial charge in [0.05, 0.1) is 23.4 Å². The van der Waals surface area contributed by atoms with Crippen LogP contribution in [0.2, 0.25) is 10.0 Å². The summed E-state index contributed by atoms with van der Waals surface area (Å²) in [4.78, 5) is 12.8. The molecular weight excluding hydrogens is 585 g/mol. The van der Waals surface area contributed by atoms with Crippen molar-refractivity contribution >= 4 is 51.0 Å². The molecule has 4 aromatic carbocycles. The van der Waals surface area contributed by atoms with Crippen LogP contribution < -0.4 is 19.2 Å². The van der Waals surface area contributed by atoms with Crippen molar-refractivity contribution in [3.63, 3.8) is 0 Å². The lowest BCUT2D eigenvalue weighted by atomic mass is 10.2. The van der Waals surface area contributed by atoms with E-state index in [9.17, 15) is 13.2 Å². The van der Waals surface area contributed by atoms with Crippen molar-refractivity contribution in [3.05, 3.63) is 118 Å². The van der Waals surface area contributed by atoms with Gasteiger partial charge < -0.3 is 9.47 Å². The van der Waals surface area contributed by atoms with Crippen LogP contribution in [-0.2, 0) is 21.4 Å². The minimum absolute atomic E-state index is 0.0102. The highest BCUT2D eigenvalue weighted by molar-refractivity contribution is 7.92. The van der Waals surface area contributed by atoms with E-state index in [1.54, 1.807) is 54.6 Å². The van der Waals surface area contributed by atoms with Crippen LogP contribution in [0.4, 0.5) is 5.69 Å². The fourth-order valence-corrected chi connectivity index (χ4v) is 5.43. The number of nitrogens with zero attached hydrogens (tertiary/aromatic N) is 2. The van der Waals surface area contributed by atoms with Gasteiger partial charge in [0.1, 0.15) is 24.7 Å². The molecule has 0 aliphatic rings. The maximum Gasteiger partial charge on any atom is 0.264 e. The van der Waals surface area contributed by atoms with Crippen LogP contribution in [0, 0.1) is 0 Å². The highest BCUT2D eigenvalue weighted by Crippen LogP contribution is 2.26. The third-order valence-electron chi connectivity index (χ3n) is 5.76. The lowest BCUT2D eigenvalue weighted by Crippen LogP contribution is -2.39. The summed E-state index contributed by atoms with van der Waals surface area (Å²) in [5.74, 6) is 0.589. The third-order valence-corrected chi connectivity index (χ3v) is 8.17. The van der Waals surface area contributed by atoms with Crippen LogP contribution >= 0.6 is 23.2 Å². The summed E-state index contributed by atoms with van der Waals surface area (Å²) in [6.07, 6.45) is 1.45. The Morgan fingerprint density at radius 1 is 0.878 bits per heavy atom. The molecule has 1 N–H and O–H groups in total. The molecular formula is C30H27Cl2N3O5S. The van der Waals surface area contributed by atoms with Crippen LogP contribution in [0.5, 0.6) is 11.5 Å². The molecule has 0 aliphatic heterocycles. The molecule has 0 saturated carbocycles. The first-order valence-corrected chi connectivity index (χ1v) is 14.7. The van der Waals surface area contributed by atoms with Crippen LogP contribution in [0.15, 0.2) is 107 Å². The van der Waals surface area contributed by atoms with E-state index in [4.69, 9.17) is 32.7 Å². The van der Waals surface area contributed by atoms with Crippen LogP contribution in [0.25, 0.3) is 0 Å². The van der Waals surface area contributed by atoms with Crippen molar-refractivity contribution in [2.45, 2.75) is 18.4 Å². The first-order valence-electron chi connectivity index (χ1n) is 12.6. The average molecular weight is 613 g/mol. The second-order valence-electron chi connectivity index (χ2n) is 8.63. The Bertz CT molecular complexity index is 1590. The van der Waals surface area contributed by atoms with Crippen molar-refractivity contribution in [2.24, 2.45) is 5.10 Å². The molecule has 0 atom stereocenters. The van der Waals surface area contributed by atoms with E-state index in [0.29, 0.717) is 40.3 Å². The number of ether oxygens (including phenoxy) is 2. The number of nitrogens with one attached hydrogen (secondary N) is 1. The molecule has 4 rings (SSSR count). The molecule has 0 aliphatic carbocycles. The summed E-state index contributed by atoms with van der Waals surface area (Å²) in [5, 5.41) is 5.01. The fraction of sp³-hybridized carbons (Fsp3) is 0.133. The molecule has 41 heavy (non-hydrogen) atoms. The Balaban J connectivity index is 1.42. The van der Waals surface area contributed by atoms with E-state index in [1.807, 2.05) is 25.1 Å². The number of anilines is 1. The summed E-state index contributed by atoms with van der Waals surface area (Å²) in [6, 6.07) is 26.7. The van der Waals surface area contributed by atoms with E-state index in [0.717, 1.165) is 9.87 Å². The van der Waals surface area contributed by atoms with Gasteiger partial charge in [0.2, 0.25) is 0 Å². The van der Waals surface area contributed by atoms with Gasteiger partial charge >= 0.3 is 0 Å². The maximum absolute atomic E-state index is 13.5. The average Bonchev–Trinajstić information content (AvgIpc) is 2.97. The molecule has 1 amide bonds. The predicted molar refractivity (Wildman–Crippen MR) is 162 cm³/mol. The largest absolute Gasteiger partial charge is 0.494 e. The van der Waals surface area contributed by atoms with E-state index < -0.39 is 22.5 Å². The van der Waals surface area contributed by atoms with Gasteiger partial charge in [-0.1, -0.05) is 41.4 Å². The third kappa shape index (κ3) is 8.23. The van der Waals surface area contributed by atoms with E-state index in [2.05, 4.69) is 10.5 Å². The maximum atomic E-state index is 13.5. The number of amides is 1. The standard InChI is InChI=1S/C30H27Cl2N3O5S/c1-2-39-26-15-11-25(12-16-26)35(41(37,38)28-17-9-24(31)10-18-28)20-30(36)34-33-19-22-7-13-27(14-8-22)40-21-23-5-3-4-6-29(23)32/h3-19H,2,20-21H2,1H3,(H,34,36)/b33-19-. The van der Waals surface area contributed by atoms with Crippen molar-refractivity contribution in [1.29, 1.82) is 0 Å². The van der Waals surface area contributed by atoms with Crippen molar-refractivity contribution in [3.8, 4) is 11.5 Å². The van der Waals surface area contributed by atoms with Gasteiger partial charge in [-0.15, -0.1) is 0 Å². The van der Waals surface area contributed by atoms with Gasteiger partial charge in [-0.05, 0) is 91.3 Å². The molecule has 4 aromatic rings. The van der Waals surface area contributed by atoms with Gasteiger partial charge in [-0.25, -0.2) is 13.8 Å². The van der Waals surface area contributed by atoms with Crippen LogP contribution in [0.3, 0.4) is 0 Å². The molecule has 0 saturated heterocycles. The zero-order valence-electron chi connectivity index (χ0n) is 22.0. The lowest BCUT2D eigenvalue weighted by molar-refractivity contribution is -0.119. The second-order valence-corrected chi connectivity index (χ2v) is 11.3. The molecule has 0 heterocycles.